The van der Waals surface area contributed by atoms with Gasteiger partial charge in [0, 0.05) is 31.6 Å². The number of fused-ring (bicyclic) bond motifs is 1. The molecule has 1 aromatic rings. The van der Waals surface area contributed by atoms with Crippen LogP contribution in [0.3, 0.4) is 0 Å². The largest absolute Gasteiger partial charge is 0.469 e. The molecule has 2 aliphatic rings. The molecule has 0 aromatic carbocycles. The number of hydrogen-bond donors (Lipinski definition) is 2. The first kappa shape index (κ1) is 15.4. The Labute approximate surface area is 130 Å². The molecule has 1 fully saturated rings. The Bertz CT molecular complexity index is 640. The first-order chi connectivity index (χ1) is 10.6. The zero-order valence-corrected chi connectivity index (χ0v) is 13.2. The second kappa shape index (κ2) is 6.29. The first-order valence-corrected chi connectivity index (χ1v) is 9.25. The van der Waals surface area contributed by atoms with Gasteiger partial charge in [0.15, 0.2) is 0 Å². The summed E-state index contributed by atoms with van der Waals surface area (Å²) in [7, 11) is -3.10. The number of amides is 2. The zero-order valence-electron chi connectivity index (χ0n) is 12.4. The molecule has 3 rings (SSSR count). The number of nitrogens with zero attached hydrogens (tertiary/aromatic N) is 1. The molecule has 1 atom stereocenters. The van der Waals surface area contributed by atoms with Gasteiger partial charge < -0.3 is 15.1 Å². The Morgan fingerprint density at radius 3 is 3.05 bits per heavy atom. The van der Waals surface area contributed by atoms with Gasteiger partial charge in [-0.25, -0.2) is 17.5 Å². The summed E-state index contributed by atoms with van der Waals surface area (Å²) in [5, 5.41) is 5.66. The smallest absolute Gasteiger partial charge is 0.315 e. The average molecular weight is 327 g/mol. The van der Waals surface area contributed by atoms with Gasteiger partial charge in [-0.15, -0.1) is 0 Å². The van der Waals surface area contributed by atoms with E-state index in [9.17, 15) is 13.2 Å². The molecule has 0 bridgehead atoms. The van der Waals surface area contributed by atoms with Crippen LogP contribution in [0.15, 0.2) is 16.7 Å². The number of rotatable bonds is 4. The molecule has 0 radical (unpaired) electrons. The third kappa shape index (κ3) is 3.27. The van der Waals surface area contributed by atoms with Crippen molar-refractivity contribution in [3.8, 4) is 0 Å². The van der Waals surface area contributed by atoms with Crippen molar-refractivity contribution in [2.45, 2.75) is 31.7 Å². The standard InChI is InChI=1S/C14H21N3O4S/c18-14(15-6-8-17-7-2-10-22(17,19)20)16-12-3-1-4-13-11(12)5-9-21-13/h5,9,12H,1-4,6-8,10H2,(H2,15,16,18). The van der Waals surface area contributed by atoms with Crippen LogP contribution in [-0.2, 0) is 16.4 Å². The fourth-order valence-corrected chi connectivity index (χ4v) is 4.61. The van der Waals surface area contributed by atoms with Crippen LogP contribution in [0.4, 0.5) is 4.79 Å². The van der Waals surface area contributed by atoms with Crippen molar-refractivity contribution in [2.24, 2.45) is 0 Å². The summed E-state index contributed by atoms with van der Waals surface area (Å²) >= 11 is 0. The van der Waals surface area contributed by atoms with E-state index < -0.39 is 10.0 Å². The maximum Gasteiger partial charge on any atom is 0.315 e. The zero-order chi connectivity index (χ0) is 15.6. The molecule has 0 saturated carbocycles. The lowest BCUT2D eigenvalue weighted by Crippen LogP contribution is -2.42. The lowest BCUT2D eigenvalue weighted by Gasteiger charge is -2.23. The van der Waals surface area contributed by atoms with Gasteiger partial charge in [-0.1, -0.05) is 0 Å². The van der Waals surface area contributed by atoms with E-state index in [-0.39, 0.29) is 17.8 Å². The molecular formula is C14H21N3O4S. The Morgan fingerprint density at radius 1 is 1.41 bits per heavy atom. The van der Waals surface area contributed by atoms with E-state index in [0.717, 1.165) is 30.6 Å². The van der Waals surface area contributed by atoms with Gasteiger partial charge in [0.25, 0.3) is 0 Å². The van der Waals surface area contributed by atoms with Gasteiger partial charge in [0.05, 0.1) is 18.1 Å². The first-order valence-electron chi connectivity index (χ1n) is 7.65. The highest BCUT2D eigenvalue weighted by Gasteiger charge is 2.28. The minimum Gasteiger partial charge on any atom is -0.469 e. The predicted octanol–water partition coefficient (Wildman–Crippen LogP) is 0.992. The van der Waals surface area contributed by atoms with Crippen molar-refractivity contribution in [1.82, 2.24) is 14.9 Å². The van der Waals surface area contributed by atoms with E-state index in [1.807, 2.05) is 6.07 Å². The summed E-state index contributed by atoms with van der Waals surface area (Å²) < 4.78 is 30.1. The number of carbonyl (C=O) groups is 1. The van der Waals surface area contributed by atoms with Crippen LogP contribution in [-0.4, -0.2) is 44.1 Å². The highest BCUT2D eigenvalue weighted by atomic mass is 32.2. The summed E-state index contributed by atoms with van der Waals surface area (Å²) in [5.74, 6) is 1.16. The topological polar surface area (TPSA) is 91.7 Å². The van der Waals surface area contributed by atoms with Gasteiger partial charge in [-0.3, -0.25) is 0 Å². The Morgan fingerprint density at radius 2 is 2.27 bits per heavy atom. The number of nitrogens with one attached hydrogen (secondary N) is 2. The third-order valence-electron chi connectivity index (χ3n) is 4.21. The van der Waals surface area contributed by atoms with Crippen molar-refractivity contribution in [2.75, 3.05) is 25.4 Å². The van der Waals surface area contributed by atoms with Crippen molar-refractivity contribution in [1.29, 1.82) is 0 Å². The van der Waals surface area contributed by atoms with Crippen LogP contribution in [0.1, 0.15) is 36.6 Å². The highest BCUT2D eigenvalue weighted by Crippen LogP contribution is 2.30. The SMILES string of the molecule is O=C(NCCN1CCCS1(=O)=O)NC1CCCc2occc21. The van der Waals surface area contributed by atoms with E-state index >= 15 is 0 Å². The summed E-state index contributed by atoms with van der Waals surface area (Å²) in [6, 6.07) is 1.60. The lowest BCUT2D eigenvalue weighted by molar-refractivity contribution is 0.234. The molecule has 7 nitrogen and oxygen atoms in total. The number of aryl methyl sites for hydroxylation is 1. The quantitative estimate of drug-likeness (QED) is 0.863. The average Bonchev–Trinajstić information content (AvgIpc) is 3.06. The maximum absolute atomic E-state index is 12.0. The second-order valence-electron chi connectivity index (χ2n) is 5.71. The number of hydrogen-bond acceptors (Lipinski definition) is 4. The van der Waals surface area contributed by atoms with Crippen LogP contribution < -0.4 is 10.6 Å². The Balaban J connectivity index is 1.46. The van der Waals surface area contributed by atoms with E-state index in [0.29, 0.717) is 26.1 Å². The van der Waals surface area contributed by atoms with Gasteiger partial charge in [-0.05, 0) is 25.3 Å². The maximum atomic E-state index is 12.0. The van der Waals surface area contributed by atoms with Gasteiger partial charge in [-0.2, -0.15) is 0 Å². The minimum atomic E-state index is -3.10. The molecule has 1 aliphatic carbocycles. The molecule has 1 unspecified atom stereocenters. The fraction of sp³-hybridized carbons (Fsp3) is 0.643. The number of urea groups is 1. The third-order valence-corrected chi connectivity index (χ3v) is 6.16. The van der Waals surface area contributed by atoms with E-state index in [1.165, 1.54) is 4.31 Å². The molecule has 22 heavy (non-hydrogen) atoms. The predicted molar refractivity (Wildman–Crippen MR) is 80.9 cm³/mol. The van der Waals surface area contributed by atoms with Crippen molar-refractivity contribution in [3.05, 3.63) is 23.7 Å². The van der Waals surface area contributed by atoms with Crippen molar-refractivity contribution < 1.29 is 17.6 Å². The van der Waals surface area contributed by atoms with Gasteiger partial charge >= 0.3 is 6.03 Å². The number of carbonyl (C=O) groups excluding carboxylic acids is 1. The van der Waals surface area contributed by atoms with Crippen LogP contribution in [0, 0.1) is 0 Å². The fourth-order valence-electron chi connectivity index (χ4n) is 3.08. The molecule has 2 heterocycles. The van der Waals surface area contributed by atoms with Crippen molar-refractivity contribution >= 4 is 16.1 Å². The molecule has 1 saturated heterocycles. The lowest BCUT2D eigenvalue weighted by atomic mass is 9.93. The summed E-state index contributed by atoms with van der Waals surface area (Å²) in [5.41, 5.74) is 1.04. The molecule has 1 aromatic heterocycles. The van der Waals surface area contributed by atoms with Gasteiger partial charge in [0.1, 0.15) is 5.76 Å². The van der Waals surface area contributed by atoms with Gasteiger partial charge in [0.2, 0.25) is 10.0 Å². The number of sulfonamides is 1. The summed E-state index contributed by atoms with van der Waals surface area (Å²) in [4.78, 5) is 12.0. The van der Waals surface area contributed by atoms with Crippen LogP contribution in [0.2, 0.25) is 0 Å². The molecule has 1 aliphatic heterocycles. The molecular weight excluding hydrogens is 306 g/mol. The van der Waals surface area contributed by atoms with E-state index in [2.05, 4.69) is 10.6 Å². The van der Waals surface area contributed by atoms with Crippen LogP contribution >= 0.6 is 0 Å². The minimum absolute atomic E-state index is 0.0296. The number of furan rings is 1. The molecule has 0 spiro atoms. The van der Waals surface area contributed by atoms with Crippen molar-refractivity contribution in [3.63, 3.8) is 0 Å². The molecule has 8 heteroatoms. The molecule has 2 amide bonds. The summed E-state index contributed by atoms with van der Waals surface area (Å²) in [6.45, 7) is 1.19. The van der Waals surface area contributed by atoms with E-state index in [1.54, 1.807) is 6.26 Å². The van der Waals surface area contributed by atoms with Crippen LogP contribution in [0.5, 0.6) is 0 Å². The Hall–Kier alpha value is -1.54. The second-order valence-corrected chi connectivity index (χ2v) is 7.80. The van der Waals surface area contributed by atoms with Crippen LogP contribution in [0.25, 0.3) is 0 Å². The summed E-state index contributed by atoms with van der Waals surface area (Å²) in [6.07, 6.45) is 5.10. The normalized spacial score (nSPS) is 23.9. The highest BCUT2D eigenvalue weighted by molar-refractivity contribution is 7.89. The molecule has 2 N–H and O–H groups in total. The Kier molecular flexibility index (Phi) is 4.39. The molecule has 122 valence electrons. The van der Waals surface area contributed by atoms with E-state index in [4.69, 9.17) is 4.42 Å². The monoisotopic (exact) mass is 327 g/mol.